The highest BCUT2D eigenvalue weighted by atomic mass is 16.1. The van der Waals surface area contributed by atoms with Crippen molar-refractivity contribution in [2.45, 2.75) is 51.4 Å². The van der Waals surface area contributed by atoms with Crippen LogP contribution in [0.4, 0.5) is 0 Å². The lowest BCUT2D eigenvalue weighted by molar-refractivity contribution is -0.136. The fourth-order valence-corrected chi connectivity index (χ4v) is 5.42. The van der Waals surface area contributed by atoms with Gasteiger partial charge in [-0.2, -0.15) is 0 Å². The molecule has 0 N–H and O–H groups in total. The molecule has 21 heavy (non-hydrogen) atoms. The minimum Gasteiger partial charge on any atom is -0.298 e. The summed E-state index contributed by atoms with van der Waals surface area (Å²) in [7, 11) is 0. The lowest BCUT2D eigenvalue weighted by Gasteiger charge is -2.43. The van der Waals surface area contributed by atoms with Gasteiger partial charge in [-0.15, -0.1) is 0 Å². The number of carbonyl (C=O) groups is 1. The fraction of sp³-hybridized carbons (Fsp3) is 0.550. The van der Waals surface area contributed by atoms with E-state index in [0.717, 1.165) is 19.3 Å². The maximum atomic E-state index is 13.4. The van der Waals surface area contributed by atoms with Crippen molar-refractivity contribution in [2.24, 2.45) is 16.7 Å². The van der Waals surface area contributed by atoms with Crippen LogP contribution in [-0.4, -0.2) is 5.78 Å². The average molecular weight is 280 g/mol. The fourth-order valence-electron chi connectivity index (χ4n) is 5.42. The minimum absolute atomic E-state index is 0.110. The van der Waals surface area contributed by atoms with Gasteiger partial charge in [0.25, 0.3) is 0 Å². The van der Waals surface area contributed by atoms with Crippen LogP contribution in [0.3, 0.4) is 0 Å². The molecule has 1 spiro atoms. The number of hydrogen-bond acceptors (Lipinski definition) is 1. The zero-order chi connectivity index (χ0) is 14.5. The van der Waals surface area contributed by atoms with Crippen LogP contribution in [0.2, 0.25) is 0 Å². The van der Waals surface area contributed by atoms with Gasteiger partial charge in [0.15, 0.2) is 0 Å². The molecule has 2 bridgehead atoms. The first-order valence-electron chi connectivity index (χ1n) is 8.43. The highest BCUT2D eigenvalue weighted by molar-refractivity contribution is 5.95. The van der Waals surface area contributed by atoms with Crippen molar-refractivity contribution in [1.29, 1.82) is 0 Å². The smallest absolute Gasteiger partial charge is 0.146 e. The van der Waals surface area contributed by atoms with Crippen LogP contribution in [0.1, 0.15) is 56.9 Å². The molecule has 1 heteroatoms. The summed E-state index contributed by atoms with van der Waals surface area (Å²) in [6.45, 7) is 2.21. The Labute approximate surface area is 127 Å². The number of fused-ring (bicyclic) bond motifs is 1. The third kappa shape index (κ3) is 1.73. The lowest BCUT2D eigenvalue weighted by atomic mass is 9.59. The Morgan fingerprint density at radius 3 is 2.76 bits per heavy atom. The van der Waals surface area contributed by atoms with Crippen LogP contribution in [0.5, 0.6) is 0 Å². The molecule has 3 aliphatic carbocycles. The van der Waals surface area contributed by atoms with Crippen LogP contribution in [0, 0.1) is 16.7 Å². The molecule has 0 aromatic heterocycles. The minimum atomic E-state index is -0.136. The Balaban J connectivity index is 1.89. The van der Waals surface area contributed by atoms with Gasteiger partial charge in [-0.25, -0.2) is 0 Å². The number of rotatable bonds is 1. The lowest BCUT2D eigenvalue weighted by Crippen LogP contribution is -2.42. The van der Waals surface area contributed by atoms with Gasteiger partial charge in [0, 0.05) is 10.8 Å². The number of benzene rings is 1. The summed E-state index contributed by atoms with van der Waals surface area (Å²) in [6.07, 6.45) is 11.5. The summed E-state index contributed by atoms with van der Waals surface area (Å²) in [4.78, 5) is 13.4. The van der Waals surface area contributed by atoms with E-state index in [-0.39, 0.29) is 10.8 Å². The van der Waals surface area contributed by atoms with E-state index in [9.17, 15) is 4.79 Å². The van der Waals surface area contributed by atoms with Gasteiger partial charge in [-0.3, -0.25) is 4.79 Å². The van der Waals surface area contributed by atoms with Gasteiger partial charge < -0.3 is 0 Å². The predicted molar refractivity (Wildman–Crippen MR) is 85.1 cm³/mol. The first-order valence-corrected chi connectivity index (χ1v) is 8.43. The molecule has 2 fully saturated rings. The van der Waals surface area contributed by atoms with Gasteiger partial charge in [-0.05, 0) is 43.1 Å². The highest BCUT2D eigenvalue weighted by Gasteiger charge is 2.63. The van der Waals surface area contributed by atoms with E-state index >= 15 is 0 Å². The van der Waals surface area contributed by atoms with Crippen molar-refractivity contribution in [3.8, 4) is 0 Å². The molecule has 1 aromatic carbocycles. The van der Waals surface area contributed by atoms with Gasteiger partial charge in [0.05, 0.1) is 0 Å². The molecule has 0 radical (unpaired) electrons. The molecule has 0 saturated heterocycles. The van der Waals surface area contributed by atoms with E-state index in [2.05, 4.69) is 49.4 Å². The van der Waals surface area contributed by atoms with Crippen LogP contribution in [0.15, 0.2) is 42.5 Å². The molecule has 0 aliphatic heterocycles. The molecule has 4 rings (SSSR count). The molecule has 110 valence electrons. The van der Waals surface area contributed by atoms with Crippen molar-refractivity contribution >= 4 is 5.78 Å². The zero-order valence-corrected chi connectivity index (χ0v) is 12.8. The molecule has 0 amide bonds. The Morgan fingerprint density at radius 1 is 1.14 bits per heavy atom. The third-order valence-electron chi connectivity index (χ3n) is 6.40. The van der Waals surface area contributed by atoms with Crippen molar-refractivity contribution in [1.82, 2.24) is 0 Å². The molecule has 1 aromatic rings. The summed E-state index contributed by atoms with van der Waals surface area (Å²) in [5.74, 6) is 1.46. The standard InChI is InChI=1S/C20H24O/c1-19-12-7-11-16-10-5-6-13-20(16,18(19)21)17(14-19)15-8-3-2-4-9-15/h2-4,7-9,11,16-17H,5-6,10,12-14H2,1H3/t16-,17+,19-,20+/m0/s1. The Hall–Kier alpha value is -1.37. The van der Waals surface area contributed by atoms with Gasteiger partial charge in [0.2, 0.25) is 0 Å². The van der Waals surface area contributed by atoms with E-state index in [4.69, 9.17) is 0 Å². The topological polar surface area (TPSA) is 17.1 Å². The summed E-state index contributed by atoms with van der Waals surface area (Å²) in [5, 5.41) is 0. The third-order valence-corrected chi connectivity index (χ3v) is 6.40. The molecule has 3 aliphatic rings. The molecule has 4 atom stereocenters. The van der Waals surface area contributed by atoms with E-state index in [1.807, 2.05) is 0 Å². The monoisotopic (exact) mass is 280 g/mol. The van der Waals surface area contributed by atoms with Crippen LogP contribution in [0.25, 0.3) is 0 Å². The van der Waals surface area contributed by atoms with Crippen molar-refractivity contribution < 1.29 is 4.79 Å². The van der Waals surface area contributed by atoms with Crippen molar-refractivity contribution in [2.75, 3.05) is 0 Å². The zero-order valence-electron chi connectivity index (χ0n) is 12.8. The Morgan fingerprint density at radius 2 is 1.95 bits per heavy atom. The molecule has 1 nitrogen and oxygen atoms in total. The van der Waals surface area contributed by atoms with E-state index in [0.29, 0.717) is 17.6 Å². The Kier molecular flexibility index (Phi) is 2.89. The highest BCUT2D eigenvalue weighted by Crippen LogP contribution is 2.65. The predicted octanol–water partition coefficient (Wildman–Crippen LogP) is 4.89. The number of carbonyl (C=O) groups excluding carboxylic acids is 1. The van der Waals surface area contributed by atoms with E-state index in [1.54, 1.807) is 0 Å². The SMILES string of the molecule is C[C@@]12CC=C[C@@H]3CCCC[C@]3(C1=O)[C@@H](c1ccccc1)C2. The van der Waals surface area contributed by atoms with Gasteiger partial charge in [-0.1, -0.05) is 62.2 Å². The molecule has 0 heterocycles. The summed E-state index contributed by atoms with van der Waals surface area (Å²) in [5.41, 5.74) is 1.14. The average Bonchev–Trinajstić information content (AvgIpc) is 2.65. The number of ketones is 1. The second-order valence-electron chi connectivity index (χ2n) is 7.58. The maximum Gasteiger partial charge on any atom is 0.146 e. The Bertz CT molecular complexity index is 587. The van der Waals surface area contributed by atoms with Crippen LogP contribution in [-0.2, 0) is 4.79 Å². The van der Waals surface area contributed by atoms with E-state index in [1.165, 1.54) is 24.8 Å². The quantitative estimate of drug-likeness (QED) is 0.670. The number of hydrogen-bond donors (Lipinski definition) is 0. The first-order chi connectivity index (χ1) is 10.2. The second-order valence-corrected chi connectivity index (χ2v) is 7.58. The maximum absolute atomic E-state index is 13.4. The summed E-state index contributed by atoms with van der Waals surface area (Å²) < 4.78 is 0. The van der Waals surface area contributed by atoms with Crippen LogP contribution < -0.4 is 0 Å². The van der Waals surface area contributed by atoms with Gasteiger partial charge >= 0.3 is 0 Å². The molecule has 2 saturated carbocycles. The number of allylic oxidation sites excluding steroid dienone is 2. The summed E-state index contributed by atoms with van der Waals surface area (Å²) >= 11 is 0. The largest absolute Gasteiger partial charge is 0.298 e. The van der Waals surface area contributed by atoms with Crippen molar-refractivity contribution in [3.63, 3.8) is 0 Å². The molecular formula is C20H24O. The second kappa shape index (κ2) is 4.56. The van der Waals surface area contributed by atoms with E-state index < -0.39 is 0 Å². The molecular weight excluding hydrogens is 256 g/mol. The normalized spacial score (nSPS) is 41.7. The number of Topliss-reactive ketones (excluding diaryl/α,β-unsaturated/α-hetero) is 1. The first kappa shape index (κ1) is 13.3. The van der Waals surface area contributed by atoms with Crippen molar-refractivity contribution in [3.05, 3.63) is 48.0 Å². The summed E-state index contributed by atoms with van der Waals surface area (Å²) in [6, 6.07) is 10.8. The van der Waals surface area contributed by atoms with Gasteiger partial charge in [0.1, 0.15) is 5.78 Å². The van der Waals surface area contributed by atoms with Crippen LogP contribution >= 0.6 is 0 Å². The molecule has 0 unspecified atom stereocenters.